The van der Waals surface area contributed by atoms with E-state index in [0.29, 0.717) is 19.3 Å². The number of esters is 3. The predicted molar refractivity (Wildman–Crippen MR) is 266 cm³/mol. The van der Waals surface area contributed by atoms with Crippen molar-refractivity contribution in [3.8, 4) is 0 Å². The molecule has 0 aliphatic heterocycles. The predicted octanol–water partition coefficient (Wildman–Crippen LogP) is 17.9. The van der Waals surface area contributed by atoms with Crippen molar-refractivity contribution in [1.82, 2.24) is 0 Å². The molecule has 0 rings (SSSR count). The van der Waals surface area contributed by atoms with Gasteiger partial charge in [0.2, 0.25) is 0 Å². The Morgan fingerprint density at radius 1 is 0.306 bits per heavy atom. The number of carbonyl (C=O) groups is 3. The first-order valence-electron chi connectivity index (χ1n) is 27.3. The summed E-state index contributed by atoms with van der Waals surface area (Å²) in [6.45, 7) is 6.55. The van der Waals surface area contributed by atoms with Gasteiger partial charge in [-0.15, -0.1) is 0 Å². The van der Waals surface area contributed by atoms with Crippen LogP contribution in [0.1, 0.15) is 297 Å². The minimum atomic E-state index is -0.768. The van der Waals surface area contributed by atoms with Crippen molar-refractivity contribution in [2.45, 2.75) is 303 Å². The monoisotopic (exact) mass is 873 g/mol. The Morgan fingerprint density at radius 2 is 0.565 bits per heavy atom. The first-order chi connectivity index (χ1) is 30.5. The van der Waals surface area contributed by atoms with Crippen LogP contribution in [0, 0.1) is 0 Å². The zero-order valence-corrected chi connectivity index (χ0v) is 41.7. The quantitative estimate of drug-likeness (QED) is 0.0262. The van der Waals surface area contributed by atoms with E-state index in [9.17, 15) is 14.4 Å². The largest absolute Gasteiger partial charge is 0.462 e. The number of allylic oxidation sites excluding steroid dienone is 4. The lowest BCUT2D eigenvalue weighted by atomic mass is 10.0. The zero-order chi connectivity index (χ0) is 45.1. The normalized spacial score (nSPS) is 12.1. The van der Waals surface area contributed by atoms with Gasteiger partial charge in [0.1, 0.15) is 13.2 Å². The minimum absolute atomic E-state index is 0.0713. The van der Waals surface area contributed by atoms with Gasteiger partial charge in [0.15, 0.2) is 6.10 Å². The first-order valence-corrected chi connectivity index (χ1v) is 27.3. The fraction of sp³-hybridized carbons (Fsp3) is 0.875. The summed E-state index contributed by atoms with van der Waals surface area (Å²) in [6.07, 6.45) is 59.3. The summed E-state index contributed by atoms with van der Waals surface area (Å²) < 4.78 is 16.7. The molecule has 0 aromatic rings. The van der Waals surface area contributed by atoms with E-state index in [1.54, 1.807) is 0 Å². The third-order valence-corrected chi connectivity index (χ3v) is 12.2. The summed E-state index contributed by atoms with van der Waals surface area (Å²) in [4.78, 5) is 37.7. The summed E-state index contributed by atoms with van der Waals surface area (Å²) in [5.41, 5.74) is 0. The Labute approximate surface area is 385 Å². The zero-order valence-electron chi connectivity index (χ0n) is 41.7. The highest BCUT2D eigenvalue weighted by Crippen LogP contribution is 2.16. The number of hydrogen-bond donors (Lipinski definition) is 0. The van der Waals surface area contributed by atoms with Crippen molar-refractivity contribution in [3.05, 3.63) is 24.3 Å². The Balaban J connectivity index is 3.99. The maximum Gasteiger partial charge on any atom is 0.306 e. The van der Waals surface area contributed by atoms with Gasteiger partial charge >= 0.3 is 17.9 Å². The van der Waals surface area contributed by atoms with Crippen molar-refractivity contribution >= 4 is 17.9 Å². The van der Waals surface area contributed by atoms with E-state index >= 15 is 0 Å². The smallest absolute Gasteiger partial charge is 0.306 e. The van der Waals surface area contributed by atoms with E-state index in [2.05, 4.69) is 45.1 Å². The molecular formula is C56H104O6. The van der Waals surface area contributed by atoms with Crippen LogP contribution < -0.4 is 0 Å². The third kappa shape index (κ3) is 48.9. The Bertz CT molecular complexity index is 1000. The summed E-state index contributed by atoms with van der Waals surface area (Å²) in [7, 11) is 0. The van der Waals surface area contributed by atoms with E-state index in [1.807, 2.05) is 0 Å². The van der Waals surface area contributed by atoms with Gasteiger partial charge < -0.3 is 14.2 Å². The van der Waals surface area contributed by atoms with Crippen LogP contribution in [0.15, 0.2) is 24.3 Å². The van der Waals surface area contributed by atoms with E-state index < -0.39 is 6.10 Å². The summed E-state index contributed by atoms with van der Waals surface area (Å²) in [6, 6.07) is 0. The molecule has 0 spiro atoms. The molecule has 62 heavy (non-hydrogen) atoms. The number of carbonyl (C=O) groups excluding carboxylic acids is 3. The van der Waals surface area contributed by atoms with Crippen molar-refractivity contribution in [2.75, 3.05) is 13.2 Å². The molecule has 6 nitrogen and oxygen atoms in total. The second-order valence-corrected chi connectivity index (χ2v) is 18.5. The summed E-state index contributed by atoms with van der Waals surface area (Å²) in [5, 5.41) is 0. The van der Waals surface area contributed by atoms with Crippen LogP contribution in [-0.2, 0) is 28.6 Å². The van der Waals surface area contributed by atoms with Gasteiger partial charge in [0.25, 0.3) is 0 Å². The van der Waals surface area contributed by atoms with Crippen LogP contribution in [0.4, 0.5) is 0 Å². The van der Waals surface area contributed by atoms with E-state index in [4.69, 9.17) is 14.2 Å². The third-order valence-electron chi connectivity index (χ3n) is 12.2. The standard InChI is InChI=1S/C56H104O6/c1-4-7-10-13-16-18-20-21-22-23-24-25-26-27-28-29-30-31-32-33-34-35-36-38-40-43-46-49-55(58)61-52-53(51-60-54(57)48-45-42-39-15-12-9-6-3)62-56(59)50-47-44-41-37-19-17-14-11-8-5-2/h11,14,23-24,53H,4-10,12-13,15-22,25-52H2,1-3H3/b14-11-,24-23-. The maximum atomic E-state index is 12.7. The van der Waals surface area contributed by atoms with Crippen LogP contribution in [0.25, 0.3) is 0 Å². The lowest BCUT2D eigenvalue weighted by Gasteiger charge is -2.18. The molecule has 0 aliphatic carbocycles. The van der Waals surface area contributed by atoms with Crippen molar-refractivity contribution < 1.29 is 28.6 Å². The van der Waals surface area contributed by atoms with Crippen molar-refractivity contribution in [2.24, 2.45) is 0 Å². The van der Waals surface area contributed by atoms with Crippen molar-refractivity contribution in [3.63, 3.8) is 0 Å². The molecule has 0 radical (unpaired) electrons. The topological polar surface area (TPSA) is 78.9 Å². The number of hydrogen-bond acceptors (Lipinski definition) is 6. The molecule has 1 unspecified atom stereocenters. The molecule has 0 fully saturated rings. The Hall–Kier alpha value is -2.11. The summed E-state index contributed by atoms with van der Waals surface area (Å²) >= 11 is 0. The van der Waals surface area contributed by atoms with Gasteiger partial charge in [-0.3, -0.25) is 14.4 Å². The fourth-order valence-electron chi connectivity index (χ4n) is 8.03. The molecular weight excluding hydrogens is 769 g/mol. The number of ether oxygens (including phenoxy) is 3. The molecule has 0 bridgehead atoms. The molecule has 0 N–H and O–H groups in total. The van der Waals surface area contributed by atoms with Gasteiger partial charge in [-0.25, -0.2) is 0 Å². The average Bonchev–Trinajstić information content (AvgIpc) is 3.27. The second-order valence-electron chi connectivity index (χ2n) is 18.5. The number of rotatable bonds is 50. The molecule has 0 aromatic heterocycles. The SMILES string of the molecule is CCC/C=C\CCCCCCCC(=O)OC(COC(=O)CCCCCCCCC)COC(=O)CCCCCCCCCCCCCCCCC/C=C\CCCCCCCCCC. The highest BCUT2D eigenvalue weighted by atomic mass is 16.6. The molecule has 364 valence electrons. The highest BCUT2D eigenvalue weighted by molar-refractivity contribution is 5.71. The molecule has 0 aliphatic rings. The molecule has 0 saturated heterocycles. The first kappa shape index (κ1) is 59.9. The molecule has 0 aromatic carbocycles. The van der Waals surface area contributed by atoms with Crippen LogP contribution in [0.3, 0.4) is 0 Å². The highest BCUT2D eigenvalue weighted by Gasteiger charge is 2.19. The fourth-order valence-corrected chi connectivity index (χ4v) is 8.03. The second kappa shape index (κ2) is 51.5. The van der Waals surface area contributed by atoms with Crippen molar-refractivity contribution in [1.29, 1.82) is 0 Å². The van der Waals surface area contributed by atoms with Gasteiger partial charge in [0, 0.05) is 19.3 Å². The molecule has 6 heteroatoms. The van der Waals surface area contributed by atoms with Crippen LogP contribution in [-0.4, -0.2) is 37.2 Å². The van der Waals surface area contributed by atoms with Gasteiger partial charge in [-0.05, 0) is 64.2 Å². The van der Waals surface area contributed by atoms with Crippen LogP contribution in [0.5, 0.6) is 0 Å². The molecule has 1 atom stereocenters. The van der Waals surface area contributed by atoms with Crippen LogP contribution >= 0.6 is 0 Å². The van der Waals surface area contributed by atoms with E-state index in [-0.39, 0.29) is 31.1 Å². The lowest BCUT2D eigenvalue weighted by molar-refractivity contribution is -0.167. The van der Waals surface area contributed by atoms with Gasteiger partial charge in [0.05, 0.1) is 0 Å². The van der Waals surface area contributed by atoms with Crippen LogP contribution in [0.2, 0.25) is 0 Å². The van der Waals surface area contributed by atoms with E-state index in [1.165, 1.54) is 180 Å². The Kier molecular flexibility index (Phi) is 49.8. The minimum Gasteiger partial charge on any atom is -0.462 e. The lowest BCUT2D eigenvalue weighted by Crippen LogP contribution is -2.30. The molecule has 0 saturated carbocycles. The molecule has 0 amide bonds. The summed E-state index contributed by atoms with van der Waals surface area (Å²) in [5.74, 6) is -0.878. The molecule has 0 heterocycles. The Morgan fingerprint density at radius 3 is 0.871 bits per heavy atom. The number of unbranched alkanes of at least 4 members (excludes halogenated alkanes) is 35. The maximum absolute atomic E-state index is 12.7. The average molecular weight is 873 g/mol. The van der Waals surface area contributed by atoms with Gasteiger partial charge in [-0.2, -0.15) is 0 Å². The van der Waals surface area contributed by atoms with E-state index in [0.717, 1.165) is 77.0 Å². The van der Waals surface area contributed by atoms with Gasteiger partial charge in [-0.1, -0.05) is 238 Å².